The first-order valence-corrected chi connectivity index (χ1v) is 10.4. The van der Waals surface area contributed by atoms with Crippen LogP contribution in [0.4, 0.5) is 5.69 Å². The molecule has 2 aromatic carbocycles. The molecule has 0 saturated carbocycles. The van der Waals surface area contributed by atoms with E-state index >= 15 is 0 Å². The summed E-state index contributed by atoms with van der Waals surface area (Å²) in [4.78, 5) is 17.3. The van der Waals surface area contributed by atoms with E-state index < -0.39 is 16.7 Å². The molecule has 0 spiro atoms. The van der Waals surface area contributed by atoms with Gasteiger partial charge in [-0.1, -0.05) is 30.3 Å². The van der Waals surface area contributed by atoms with Crippen molar-refractivity contribution in [3.63, 3.8) is 0 Å². The molecule has 1 amide bonds. The normalized spacial score (nSPS) is 11.4. The molecule has 0 aliphatic heterocycles. The third kappa shape index (κ3) is 4.77. The summed E-state index contributed by atoms with van der Waals surface area (Å²) in [7, 11) is 2.99. The molecule has 0 aliphatic rings. The predicted octanol–water partition coefficient (Wildman–Crippen LogP) is 3.67. The van der Waals surface area contributed by atoms with Gasteiger partial charge in [0, 0.05) is 18.3 Å². The summed E-state index contributed by atoms with van der Waals surface area (Å²) in [5.74, 6) is 1.05. The molecule has 7 nitrogen and oxygen atoms in total. The molecular weight excluding hydrogens is 404 g/mol. The van der Waals surface area contributed by atoms with Crippen molar-refractivity contribution < 1.29 is 23.2 Å². The van der Waals surface area contributed by atoms with Gasteiger partial charge in [-0.15, -0.1) is 0 Å². The zero-order valence-corrected chi connectivity index (χ0v) is 17.7. The largest absolute Gasteiger partial charge is 0.496 e. The maximum Gasteiger partial charge on any atom is 0.258 e. The summed E-state index contributed by atoms with van der Waals surface area (Å²) in [6, 6.07) is 15.9. The highest BCUT2D eigenvalue weighted by Crippen LogP contribution is 2.39. The number of hydrogen-bond acceptors (Lipinski definition) is 6. The molecule has 30 heavy (non-hydrogen) atoms. The summed E-state index contributed by atoms with van der Waals surface area (Å²) in [6.45, 7) is 0. The number of hydrogen-bond donors (Lipinski definition) is 1. The number of rotatable bonds is 8. The molecule has 3 rings (SSSR count). The number of carbonyl (C=O) groups is 1. The number of nitrogens with one attached hydrogen (secondary N) is 1. The molecule has 0 fully saturated rings. The van der Waals surface area contributed by atoms with E-state index in [1.165, 1.54) is 27.5 Å². The van der Waals surface area contributed by atoms with Crippen molar-refractivity contribution in [2.75, 3.05) is 26.6 Å². The van der Waals surface area contributed by atoms with Crippen LogP contribution in [0.1, 0.15) is 15.9 Å². The third-order valence-corrected chi connectivity index (χ3v) is 5.68. The molecular formula is C22H22N2O5S. The third-order valence-electron chi connectivity index (χ3n) is 4.33. The topological polar surface area (TPSA) is 86.8 Å². The number of ether oxygens (including phenoxy) is 3. The smallest absolute Gasteiger partial charge is 0.258 e. The fourth-order valence-corrected chi connectivity index (χ4v) is 4.07. The van der Waals surface area contributed by atoms with E-state index in [0.717, 1.165) is 5.56 Å². The average Bonchev–Trinajstić information content (AvgIpc) is 2.79. The van der Waals surface area contributed by atoms with Crippen molar-refractivity contribution in [1.82, 2.24) is 4.98 Å². The van der Waals surface area contributed by atoms with Crippen molar-refractivity contribution in [2.24, 2.45) is 0 Å². The fraction of sp³-hybridized carbons (Fsp3) is 0.182. The highest BCUT2D eigenvalue weighted by Gasteiger charge is 2.21. The Balaban J connectivity index is 1.91. The number of pyridine rings is 1. The Bertz CT molecular complexity index is 1030. The Morgan fingerprint density at radius 2 is 1.63 bits per heavy atom. The maximum absolute atomic E-state index is 13.1. The SMILES string of the molecule is COc1cc(OC)c(NC(=O)c2cccnc2S(=O)Cc2ccccc2)c(OC)c1. The minimum absolute atomic E-state index is 0.213. The van der Waals surface area contributed by atoms with Crippen LogP contribution in [0.15, 0.2) is 65.8 Å². The van der Waals surface area contributed by atoms with Gasteiger partial charge in [0.25, 0.3) is 5.91 Å². The highest BCUT2D eigenvalue weighted by molar-refractivity contribution is 7.84. The highest BCUT2D eigenvalue weighted by atomic mass is 32.2. The molecule has 1 aromatic heterocycles. The molecule has 0 saturated heterocycles. The summed E-state index contributed by atoms with van der Waals surface area (Å²) in [5.41, 5.74) is 1.45. The molecule has 8 heteroatoms. The van der Waals surface area contributed by atoms with Crippen LogP contribution >= 0.6 is 0 Å². The van der Waals surface area contributed by atoms with Crippen molar-refractivity contribution in [3.05, 3.63) is 71.9 Å². The van der Waals surface area contributed by atoms with E-state index in [2.05, 4.69) is 10.3 Å². The second-order valence-electron chi connectivity index (χ2n) is 6.19. The van der Waals surface area contributed by atoms with Gasteiger partial charge in [-0.2, -0.15) is 0 Å². The summed E-state index contributed by atoms with van der Waals surface area (Å²) < 4.78 is 28.9. The first-order valence-electron chi connectivity index (χ1n) is 9.06. The number of nitrogens with zero attached hydrogens (tertiary/aromatic N) is 1. The van der Waals surface area contributed by atoms with Crippen LogP contribution in [0.5, 0.6) is 17.2 Å². The summed E-state index contributed by atoms with van der Waals surface area (Å²) >= 11 is 0. The lowest BCUT2D eigenvalue weighted by atomic mass is 10.2. The van der Waals surface area contributed by atoms with E-state index in [4.69, 9.17) is 14.2 Å². The first-order chi connectivity index (χ1) is 14.6. The minimum Gasteiger partial charge on any atom is -0.496 e. The van der Waals surface area contributed by atoms with Gasteiger partial charge in [0.05, 0.1) is 43.4 Å². The predicted molar refractivity (Wildman–Crippen MR) is 115 cm³/mol. The van der Waals surface area contributed by atoms with Crippen LogP contribution in [-0.2, 0) is 16.6 Å². The molecule has 3 aromatic rings. The second kappa shape index (κ2) is 9.89. The van der Waals surface area contributed by atoms with Gasteiger partial charge < -0.3 is 19.5 Å². The Labute approximate surface area is 177 Å². The number of aromatic nitrogens is 1. The van der Waals surface area contributed by atoms with Gasteiger partial charge in [0.1, 0.15) is 28.0 Å². The Hall–Kier alpha value is -3.39. The van der Waals surface area contributed by atoms with E-state index in [1.807, 2.05) is 30.3 Å². The van der Waals surface area contributed by atoms with Crippen LogP contribution in [-0.4, -0.2) is 36.4 Å². The molecule has 1 atom stereocenters. The van der Waals surface area contributed by atoms with Gasteiger partial charge >= 0.3 is 0 Å². The van der Waals surface area contributed by atoms with Crippen LogP contribution in [0.3, 0.4) is 0 Å². The van der Waals surface area contributed by atoms with Crippen molar-refractivity contribution >= 4 is 22.4 Å². The van der Waals surface area contributed by atoms with E-state index in [-0.39, 0.29) is 16.3 Å². The molecule has 1 heterocycles. The second-order valence-corrected chi connectivity index (χ2v) is 7.56. The standard InChI is InChI=1S/C22H22N2O5S/c1-27-16-12-18(28-2)20(19(13-16)29-3)24-21(25)17-10-7-11-23-22(17)30(26)14-15-8-5-4-6-9-15/h4-13H,14H2,1-3H3,(H,24,25). The number of amides is 1. The fourth-order valence-electron chi connectivity index (χ4n) is 2.85. The first kappa shape index (κ1) is 21.3. The van der Waals surface area contributed by atoms with Crippen molar-refractivity contribution in [1.29, 1.82) is 0 Å². The quantitative estimate of drug-likeness (QED) is 0.591. The van der Waals surface area contributed by atoms with Crippen LogP contribution in [0, 0.1) is 0 Å². The molecule has 0 radical (unpaired) electrons. The Kier molecular flexibility index (Phi) is 7.03. The van der Waals surface area contributed by atoms with Gasteiger partial charge in [-0.05, 0) is 17.7 Å². The van der Waals surface area contributed by atoms with Crippen LogP contribution in [0.25, 0.3) is 0 Å². The minimum atomic E-state index is -1.50. The molecule has 1 N–H and O–H groups in total. The van der Waals surface area contributed by atoms with E-state index in [1.54, 1.807) is 24.3 Å². The van der Waals surface area contributed by atoms with E-state index in [0.29, 0.717) is 22.9 Å². The number of methoxy groups -OCH3 is 3. The zero-order chi connectivity index (χ0) is 21.5. The van der Waals surface area contributed by atoms with Gasteiger partial charge in [0.15, 0.2) is 0 Å². The number of carbonyl (C=O) groups excluding carboxylic acids is 1. The van der Waals surface area contributed by atoms with Gasteiger partial charge in [0.2, 0.25) is 0 Å². The number of benzene rings is 2. The van der Waals surface area contributed by atoms with Crippen LogP contribution < -0.4 is 19.5 Å². The number of anilines is 1. The van der Waals surface area contributed by atoms with Gasteiger partial charge in [-0.25, -0.2) is 4.98 Å². The summed E-state index contributed by atoms with van der Waals surface area (Å²) in [5, 5.41) is 3.00. The van der Waals surface area contributed by atoms with Gasteiger partial charge in [-0.3, -0.25) is 9.00 Å². The Morgan fingerprint density at radius 3 is 2.23 bits per heavy atom. The average molecular weight is 426 g/mol. The molecule has 0 bridgehead atoms. The lowest BCUT2D eigenvalue weighted by Crippen LogP contribution is -2.17. The van der Waals surface area contributed by atoms with E-state index in [9.17, 15) is 9.00 Å². The lowest BCUT2D eigenvalue weighted by Gasteiger charge is -2.16. The molecule has 156 valence electrons. The molecule has 0 aliphatic carbocycles. The molecule has 1 unspecified atom stereocenters. The monoisotopic (exact) mass is 426 g/mol. The zero-order valence-electron chi connectivity index (χ0n) is 16.9. The van der Waals surface area contributed by atoms with Crippen molar-refractivity contribution in [2.45, 2.75) is 10.8 Å². The van der Waals surface area contributed by atoms with Crippen molar-refractivity contribution in [3.8, 4) is 17.2 Å². The lowest BCUT2D eigenvalue weighted by molar-refractivity contribution is 0.102. The Morgan fingerprint density at radius 1 is 0.967 bits per heavy atom. The van der Waals surface area contributed by atoms with Crippen LogP contribution in [0.2, 0.25) is 0 Å². The summed E-state index contributed by atoms with van der Waals surface area (Å²) in [6.07, 6.45) is 1.52. The maximum atomic E-state index is 13.1.